The van der Waals surface area contributed by atoms with Gasteiger partial charge in [0.2, 0.25) is 0 Å². The van der Waals surface area contributed by atoms with E-state index in [1.54, 1.807) is 44.2 Å². The van der Waals surface area contributed by atoms with Gasteiger partial charge in [0.15, 0.2) is 16.3 Å². The summed E-state index contributed by atoms with van der Waals surface area (Å²) in [7, 11) is 1.44. The standard InChI is InChI=1S/C26H23ClN2O6S/c1-5-34-25(32)22-14(2)28-26-29(24(31)21(36-26)13-16-8-6-7-9-18(16)27)23(22)17-10-11-19(35-15(3)30)20(12-17)33-4/h6-13,23H,5H2,1-4H3/b21-13+/t23-/m1/s1. The van der Waals surface area contributed by atoms with Crippen LogP contribution in [0.1, 0.15) is 37.9 Å². The van der Waals surface area contributed by atoms with Gasteiger partial charge in [-0.2, -0.15) is 0 Å². The number of rotatable bonds is 6. The number of aromatic nitrogens is 1. The first-order chi connectivity index (χ1) is 17.2. The maximum Gasteiger partial charge on any atom is 0.338 e. The van der Waals surface area contributed by atoms with Crippen LogP contribution in [0.3, 0.4) is 0 Å². The number of methoxy groups -OCH3 is 1. The molecule has 0 N–H and O–H groups in total. The molecule has 0 fully saturated rings. The molecule has 2 aromatic carbocycles. The molecule has 0 bridgehead atoms. The van der Waals surface area contributed by atoms with Gasteiger partial charge in [0.25, 0.3) is 5.56 Å². The molecule has 1 aliphatic heterocycles. The monoisotopic (exact) mass is 526 g/mol. The summed E-state index contributed by atoms with van der Waals surface area (Å²) in [6.07, 6.45) is 1.71. The van der Waals surface area contributed by atoms with Gasteiger partial charge in [-0.25, -0.2) is 9.79 Å². The Morgan fingerprint density at radius 1 is 1.19 bits per heavy atom. The third-order valence-corrected chi connectivity index (χ3v) is 6.79. The van der Waals surface area contributed by atoms with Gasteiger partial charge in [-0.15, -0.1) is 0 Å². The van der Waals surface area contributed by atoms with Crippen LogP contribution in [0.5, 0.6) is 11.5 Å². The smallest absolute Gasteiger partial charge is 0.338 e. The van der Waals surface area contributed by atoms with Gasteiger partial charge in [0.1, 0.15) is 0 Å². The molecule has 3 aromatic rings. The zero-order valence-corrected chi connectivity index (χ0v) is 21.6. The van der Waals surface area contributed by atoms with Crippen molar-refractivity contribution in [3.63, 3.8) is 0 Å². The molecular weight excluding hydrogens is 504 g/mol. The lowest BCUT2D eigenvalue weighted by atomic mass is 9.95. The van der Waals surface area contributed by atoms with Crippen molar-refractivity contribution >= 4 is 41.0 Å². The Kier molecular flexibility index (Phi) is 7.42. The molecule has 1 aromatic heterocycles. The number of thiazole rings is 1. The predicted molar refractivity (Wildman–Crippen MR) is 136 cm³/mol. The van der Waals surface area contributed by atoms with Crippen LogP contribution in [0, 0.1) is 0 Å². The lowest BCUT2D eigenvalue weighted by Crippen LogP contribution is -2.40. The summed E-state index contributed by atoms with van der Waals surface area (Å²) in [4.78, 5) is 43.2. The van der Waals surface area contributed by atoms with Crippen LogP contribution in [-0.4, -0.2) is 30.2 Å². The largest absolute Gasteiger partial charge is 0.493 e. The average molecular weight is 527 g/mol. The number of halogens is 1. The fourth-order valence-corrected chi connectivity index (χ4v) is 5.16. The van der Waals surface area contributed by atoms with Crippen LogP contribution < -0.4 is 24.4 Å². The maximum atomic E-state index is 13.7. The Hall–Kier alpha value is -3.69. The molecule has 0 saturated carbocycles. The second-order valence-corrected chi connectivity index (χ2v) is 9.24. The molecule has 4 rings (SSSR count). The fourth-order valence-electron chi connectivity index (χ4n) is 3.93. The van der Waals surface area contributed by atoms with E-state index in [-0.39, 0.29) is 29.2 Å². The highest BCUT2D eigenvalue weighted by atomic mass is 35.5. The van der Waals surface area contributed by atoms with E-state index in [1.807, 2.05) is 18.2 Å². The molecule has 186 valence electrons. The van der Waals surface area contributed by atoms with Crippen LogP contribution in [0.15, 0.2) is 63.5 Å². The topological polar surface area (TPSA) is 96.2 Å². The first kappa shape index (κ1) is 25.4. The van der Waals surface area contributed by atoms with Crippen molar-refractivity contribution < 1.29 is 23.8 Å². The lowest BCUT2D eigenvalue weighted by molar-refractivity contribution is -0.139. The quantitative estimate of drug-likeness (QED) is 0.361. The number of ether oxygens (including phenoxy) is 3. The van der Waals surface area contributed by atoms with Gasteiger partial charge in [-0.3, -0.25) is 14.2 Å². The second kappa shape index (κ2) is 10.5. The second-order valence-electron chi connectivity index (χ2n) is 7.83. The zero-order chi connectivity index (χ0) is 26.0. The molecule has 1 aliphatic rings. The van der Waals surface area contributed by atoms with E-state index < -0.39 is 18.0 Å². The Labute approximate surface area is 215 Å². The predicted octanol–water partition coefficient (Wildman–Crippen LogP) is 3.39. The molecule has 2 heterocycles. The van der Waals surface area contributed by atoms with E-state index in [0.29, 0.717) is 31.2 Å². The highest BCUT2D eigenvalue weighted by Crippen LogP contribution is 2.36. The van der Waals surface area contributed by atoms with E-state index in [4.69, 9.17) is 25.8 Å². The molecule has 0 radical (unpaired) electrons. The van der Waals surface area contributed by atoms with E-state index in [1.165, 1.54) is 29.9 Å². The third kappa shape index (κ3) is 4.84. The first-order valence-electron chi connectivity index (χ1n) is 11.1. The fraction of sp³-hybridized carbons (Fsp3) is 0.231. The number of carbonyl (C=O) groups excluding carboxylic acids is 2. The number of benzene rings is 2. The van der Waals surface area contributed by atoms with Crippen molar-refractivity contribution in [2.75, 3.05) is 13.7 Å². The average Bonchev–Trinajstić information content (AvgIpc) is 3.14. The van der Waals surface area contributed by atoms with Crippen molar-refractivity contribution in [2.45, 2.75) is 26.8 Å². The van der Waals surface area contributed by atoms with Crippen molar-refractivity contribution in [1.29, 1.82) is 0 Å². The van der Waals surface area contributed by atoms with Crippen molar-refractivity contribution in [3.8, 4) is 11.5 Å². The number of carbonyl (C=O) groups is 2. The summed E-state index contributed by atoms with van der Waals surface area (Å²) in [5.74, 6) is -0.583. The van der Waals surface area contributed by atoms with Crippen LogP contribution in [0.4, 0.5) is 0 Å². The van der Waals surface area contributed by atoms with Crippen molar-refractivity contribution in [1.82, 2.24) is 4.57 Å². The van der Waals surface area contributed by atoms with Crippen molar-refractivity contribution in [2.24, 2.45) is 4.99 Å². The molecule has 1 atom stereocenters. The minimum atomic E-state index is -0.839. The normalized spacial score (nSPS) is 15.2. The summed E-state index contributed by atoms with van der Waals surface area (Å²) >= 11 is 7.51. The first-order valence-corrected chi connectivity index (χ1v) is 12.2. The summed E-state index contributed by atoms with van der Waals surface area (Å²) in [6.45, 7) is 4.86. The molecular formula is C26H23ClN2O6S. The van der Waals surface area contributed by atoms with Crippen LogP contribution in [-0.2, 0) is 14.3 Å². The molecule has 36 heavy (non-hydrogen) atoms. The van der Waals surface area contributed by atoms with E-state index in [2.05, 4.69) is 4.99 Å². The van der Waals surface area contributed by atoms with Gasteiger partial charge >= 0.3 is 11.9 Å². The molecule has 0 unspecified atom stereocenters. The molecule has 8 nitrogen and oxygen atoms in total. The number of fused-ring (bicyclic) bond motifs is 1. The third-order valence-electron chi connectivity index (χ3n) is 5.47. The minimum absolute atomic E-state index is 0.161. The van der Waals surface area contributed by atoms with Crippen LogP contribution in [0.25, 0.3) is 6.08 Å². The summed E-state index contributed by atoms with van der Waals surface area (Å²) in [6, 6.07) is 11.2. The maximum absolute atomic E-state index is 13.7. The van der Waals surface area contributed by atoms with Crippen molar-refractivity contribution in [3.05, 3.63) is 89.6 Å². The number of allylic oxidation sites excluding steroid dienone is 1. The number of hydrogen-bond acceptors (Lipinski definition) is 8. The van der Waals surface area contributed by atoms with E-state index >= 15 is 0 Å². The Morgan fingerprint density at radius 3 is 2.61 bits per heavy atom. The zero-order valence-electron chi connectivity index (χ0n) is 20.0. The van der Waals surface area contributed by atoms with Gasteiger partial charge in [0.05, 0.1) is 35.6 Å². The number of esters is 2. The van der Waals surface area contributed by atoms with Gasteiger partial charge in [0, 0.05) is 11.9 Å². The van der Waals surface area contributed by atoms with E-state index in [0.717, 1.165) is 0 Å². The van der Waals surface area contributed by atoms with Crippen LogP contribution >= 0.6 is 22.9 Å². The van der Waals surface area contributed by atoms with Crippen LogP contribution in [0.2, 0.25) is 5.02 Å². The Bertz CT molecular complexity index is 1570. The molecule has 0 spiro atoms. The molecule has 0 aliphatic carbocycles. The molecule has 0 saturated heterocycles. The Morgan fingerprint density at radius 2 is 1.94 bits per heavy atom. The van der Waals surface area contributed by atoms with E-state index in [9.17, 15) is 14.4 Å². The number of hydrogen-bond donors (Lipinski definition) is 0. The molecule has 10 heteroatoms. The lowest BCUT2D eigenvalue weighted by Gasteiger charge is -2.25. The van der Waals surface area contributed by atoms with Gasteiger partial charge in [-0.05, 0) is 49.2 Å². The summed E-state index contributed by atoms with van der Waals surface area (Å²) in [5, 5.41) is 0.508. The summed E-state index contributed by atoms with van der Waals surface area (Å²) < 4.78 is 17.8. The van der Waals surface area contributed by atoms with Gasteiger partial charge in [-0.1, -0.05) is 47.2 Å². The summed E-state index contributed by atoms with van der Waals surface area (Å²) in [5.41, 5.74) is 1.59. The number of nitrogens with zero attached hydrogens (tertiary/aromatic N) is 2. The molecule has 0 amide bonds. The Balaban J connectivity index is 1.97. The highest BCUT2D eigenvalue weighted by Gasteiger charge is 2.34. The minimum Gasteiger partial charge on any atom is -0.493 e. The SMILES string of the molecule is CCOC(=O)C1=C(C)N=c2s/c(=C/c3ccccc3Cl)c(=O)n2[C@@H]1c1ccc(OC(C)=O)c(OC)c1. The van der Waals surface area contributed by atoms with Gasteiger partial charge < -0.3 is 14.2 Å². The highest BCUT2D eigenvalue weighted by molar-refractivity contribution is 7.07.